The molecule has 0 aliphatic carbocycles. The fourth-order valence-electron chi connectivity index (χ4n) is 0.776. The Labute approximate surface area is 106 Å². The van der Waals surface area contributed by atoms with Crippen LogP contribution >= 0.6 is 33.9 Å². The largest absolute Gasteiger partial charge is 0.427 e. The molecule has 1 rings (SSSR count). The first-order valence-corrected chi connectivity index (χ1v) is 6.74. The van der Waals surface area contributed by atoms with Gasteiger partial charge in [0.05, 0.1) is 5.02 Å². The average molecular weight is 305 g/mol. The van der Waals surface area contributed by atoms with Crippen LogP contribution in [0, 0.1) is 0 Å². The fourth-order valence-corrected chi connectivity index (χ4v) is 1.52. The number of benzene rings is 1. The molecule has 0 aliphatic rings. The van der Waals surface area contributed by atoms with Gasteiger partial charge in [0, 0.05) is 21.8 Å². The molecule has 0 atom stereocenters. The van der Waals surface area contributed by atoms with Crippen molar-refractivity contribution in [3.8, 4) is 5.75 Å². The van der Waals surface area contributed by atoms with Crippen LogP contribution in [0.25, 0.3) is 0 Å². The molecule has 5 nitrogen and oxygen atoms in total. The van der Waals surface area contributed by atoms with E-state index < -0.39 is 15.3 Å². The van der Waals surface area contributed by atoms with E-state index >= 15 is 0 Å². The monoisotopic (exact) mass is 303 g/mol. The minimum absolute atomic E-state index is 0.0769. The summed E-state index contributed by atoms with van der Waals surface area (Å²) in [6, 6.07) is 4.12. The van der Waals surface area contributed by atoms with E-state index in [2.05, 4.69) is 4.74 Å². The topological polar surface area (TPSA) is 72.5 Å². The fraction of sp³-hybridized carbons (Fsp3) is 0. The van der Waals surface area contributed by atoms with Gasteiger partial charge in [0.2, 0.25) is 0 Å². The molecule has 0 aromatic heterocycles. The zero-order valence-corrected chi connectivity index (χ0v) is 10.5. The van der Waals surface area contributed by atoms with Crippen molar-refractivity contribution >= 4 is 49.2 Å². The first-order chi connectivity index (χ1) is 7.28. The predicted molar refractivity (Wildman–Crippen MR) is 60.4 cm³/mol. The van der Waals surface area contributed by atoms with Gasteiger partial charge in [-0.2, -0.15) is 8.42 Å². The smallest absolute Gasteiger partial charge is 0.408 e. The summed E-state index contributed by atoms with van der Waals surface area (Å²) in [5.74, 6) is -0.0769. The van der Waals surface area contributed by atoms with Gasteiger partial charge in [0.15, 0.2) is 5.75 Å². The lowest BCUT2D eigenvalue weighted by Crippen LogP contribution is -2.29. The van der Waals surface area contributed by atoms with Gasteiger partial charge in [0.1, 0.15) is 0 Å². The molecule has 0 fully saturated rings. The summed E-state index contributed by atoms with van der Waals surface area (Å²) < 4.78 is 26.9. The van der Waals surface area contributed by atoms with Gasteiger partial charge in [-0.15, -0.1) is 0 Å². The van der Waals surface area contributed by atoms with E-state index in [9.17, 15) is 13.2 Å². The van der Waals surface area contributed by atoms with E-state index in [0.29, 0.717) is 0 Å². The molecule has 0 spiro atoms. The Kier molecular flexibility index (Phi) is 4.26. The zero-order valence-electron chi connectivity index (χ0n) is 7.41. The zero-order chi connectivity index (χ0) is 12.3. The Morgan fingerprint density at radius 3 is 2.50 bits per heavy atom. The van der Waals surface area contributed by atoms with Gasteiger partial charge in [-0.3, -0.25) is 0 Å². The second kappa shape index (κ2) is 5.09. The highest BCUT2D eigenvalue weighted by molar-refractivity contribution is 8.12. The van der Waals surface area contributed by atoms with Crippen molar-refractivity contribution in [1.29, 1.82) is 0 Å². The van der Waals surface area contributed by atoms with Crippen LogP contribution < -0.4 is 9.46 Å². The maximum absolute atomic E-state index is 11.0. The summed E-state index contributed by atoms with van der Waals surface area (Å²) in [5.41, 5.74) is 0. The standard InChI is InChI=1S/C7H4Cl3NO4S/c8-4-1-2-5(9)6(3-4)15-7(12)11-16(10,13)14/h1-3H,(H,11,12). The Bertz CT molecular complexity index is 516. The third-order valence-electron chi connectivity index (χ3n) is 1.30. The van der Waals surface area contributed by atoms with Crippen LogP contribution in [0.3, 0.4) is 0 Å². The summed E-state index contributed by atoms with van der Waals surface area (Å²) in [5, 5.41) is 0.382. The minimum atomic E-state index is -4.19. The number of carbonyl (C=O) groups excluding carboxylic acids is 1. The SMILES string of the molecule is O=C(NS(=O)(=O)Cl)Oc1cc(Cl)ccc1Cl. The molecule has 0 bridgehead atoms. The lowest BCUT2D eigenvalue weighted by Gasteiger charge is -2.05. The number of hydrogen-bond acceptors (Lipinski definition) is 4. The minimum Gasteiger partial charge on any atom is -0.408 e. The molecule has 0 radical (unpaired) electrons. The van der Waals surface area contributed by atoms with Crippen molar-refractivity contribution in [2.24, 2.45) is 0 Å². The van der Waals surface area contributed by atoms with E-state index in [-0.39, 0.29) is 15.8 Å². The van der Waals surface area contributed by atoms with Gasteiger partial charge in [-0.1, -0.05) is 23.2 Å². The van der Waals surface area contributed by atoms with Crippen molar-refractivity contribution in [3.63, 3.8) is 0 Å². The van der Waals surface area contributed by atoms with E-state index in [4.69, 9.17) is 33.9 Å². The number of amides is 1. The Morgan fingerprint density at radius 1 is 1.31 bits per heavy atom. The summed E-state index contributed by atoms with van der Waals surface area (Å²) in [4.78, 5) is 11.0. The molecule has 1 aromatic rings. The molecule has 0 saturated heterocycles. The van der Waals surface area contributed by atoms with Gasteiger partial charge in [0.25, 0.3) is 0 Å². The lowest BCUT2D eigenvalue weighted by atomic mass is 10.3. The first kappa shape index (κ1) is 13.4. The third-order valence-corrected chi connectivity index (χ3v) is 2.49. The van der Waals surface area contributed by atoms with Crippen LogP contribution in [0.2, 0.25) is 10.0 Å². The molecular weight excluding hydrogens is 301 g/mol. The lowest BCUT2D eigenvalue weighted by molar-refractivity contribution is 0.207. The summed E-state index contributed by atoms with van der Waals surface area (Å²) in [7, 11) is 0.572. The molecule has 1 N–H and O–H groups in total. The number of ether oxygens (including phenoxy) is 1. The quantitative estimate of drug-likeness (QED) is 0.852. The Morgan fingerprint density at radius 2 is 1.94 bits per heavy atom. The van der Waals surface area contributed by atoms with Crippen molar-refractivity contribution in [1.82, 2.24) is 4.72 Å². The third kappa shape index (κ3) is 4.44. The molecule has 88 valence electrons. The Balaban J connectivity index is 2.81. The number of halogens is 3. The average Bonchev–Trinajstić information content (AvgIpc) is 2.08. The maximum Gasteiger partial charge on any atom is 0.427 e. The van der Waals surface area contributed by atoms with Crippen molar-refractivity contribution < 1.29 is 17.9 Å². The molecule has 0 unspecified atom stereocenters. The van der Waals surface area contributed by atoms with Crippen LogP contribution in [0.4, 0.5) is 4.79 Å². The Hall–Kier alpha value is -0.690. The van der Waals surface area contributed by atoms with Crippen LogP contribution in [-0.4, -0.2) is 14.5 Å². The van der Waals surface area contributed by atoms with Gasteiger partial charge in [-0.25, -0.2) is 9.52 Å². The molecule has 1 amide bonds. The summed E-state index contributed by atoms with van der Waals surface area (Å²) in [6.45, 7) is 0. The summed E-state index contributed by atoms with van der Waals surface area (Å²) in [6.07, 6.45) is -1.28. The second-order valence-electron chi connectivity index (χ2n) is 2.50. The summed E-state index contributed by atoms with van der Waals surface area (Å²) >= 11 is 11.3. The van der Waals surface area contributed by atoms with Crippen molar-refractivity contribution in [3.05, 3.63) is 28.2 Å². The van der Waals surface area contributed by atoms with Crippen LogP contribution in [-0.2, 0) is 9.24 Å². The van der Waals surface area contributed by atoms with Crippen LogP contribution in [0.1, 0.15) is 0 Å². The van der Waals surface area contributed by atoms with Gasteiger partial charge >= 0.3 is 15.3 Å². The molecule has 0 aliphatic heterocycles. The van der Waals surface area contributed by atoms with E-state index in [1.165, 1.54) is 22.9 Å². The molecule has 1 aromatic carbocycles. The number of carbonyl (C=O) groups is 1. The highest BCUT2D eigenvalue weighted by Gasteiger charge is 2.14. The van der Waals surface area contributed by atoms with Gasteiger partial charge in [-0.05, 0) is 12.1 Å². The van der Waals surface area contributed by atoms with Crippen LogP contribution in [0.5, 0.6) is 5.75 Å². The van der Waals surface area contributed by atoms with Crippen LogP contribution in [0.15, 0.2) is 18.2 Å². The highest BCUT2D eigenvalue weighted by atomic mass is 35.7. The van der Waals surface area contributed by atoms with E-state index in [0.717, 1.165) is 0 Å². The van der Waals surface area contributed by atoms with Crippen molar-refractivity contribution in [2.75, 3.05) is 0 Å². The molecule has 0 saturated carbocycles. The molecular formula is C7H4Cl3NO4S. The van der Waals surface area contributed by atoms with Crippen molar-refractivity contribution in [2.45, 2.75) is 0 Å². The highest BCUT2D eigenvalue weighted by Crippen LogP contribution is 2.27. The molecule has 16 heavy (non-hydrogen) atoms. The maximum atomic E-state index is 11.0. The first-order valence-electron chi connectivity index (χ1n) is 3.67. The predicted octanol–water partition coefficient (Wildman–Crippen LogP) is 2.57. The number of rotatable bonds is 2. The van der Waals surface area contributed by atoms with E-state index in [1.54, 1.807) is 0 Å². The molecule has 9 heteroatoms. The second-order valence-corrected chi connectivity index (χ2v) is 5.65. The molecule has 0 heterocycles. The normalized spacial score (nSPS) is 10.9. The number of nitrogens with one attached hydrogen (secondary N) is 1. The van der Waals surface area contributed by atoms with E-state index in [1.807, 2.05) is 0 Å². The van der Waals surface area contributed by atoms with Gasteiger partial charge < -0.3 is 4.74 Å². The number of hydrogen-bond donors (Lipinski definition) is 1.